The van der Waals surface area contributed by atoms with Gasteiger partial charge in [-0.3, -0.25) is 0 Å². The van der Waals surface area contributed by atoms with Crippen molar-refractivity contribution in [2.24, 2.45) is 7.05 Å². The summed E-state index contributed by atoms with van der Waals surface area (Å²) in [7, 11) is 1.95. The molecule has 0 spiro atoms. The minimum absolute atomic E-state index is 0.432. The first-order valence-electron chi connectivity index (χ1n) is 7.39. The van der Waals surface area contributed by atoms with E-state index in [0.717, 1.165) is 36.9 Å². The van der Waals surface area contributed by atoms with E-state index in [1.807, 2.05) is 24.6 Å². The Hall–Kier alpha value is -1.88. The van der Waals surface area contributed by atoms with Crippen LogP contribution in [-0.2, 0) is 20.2 Å². The lowest BCUT2D eigenvalue weighted by Gasteiger charge is -2.13. The molecule has 5 nitrogen and oxygen atoms in total. The number of benzene rings is 1. The molecule has 5 heteroatoms. The summed E-state index contributed by atoms with van der Waals surface area (Å²) in [4.78, 5) is 0. The molecule has 1 heterocycles. The summed E-state index contributed by atoms with van der Waals surface area (Å²) in [5, 5.41) is 11.6. The van der Waals surface area contributed by atoms with Gasteiger partial charge in [-0.15, -0.1) is 10.2 Å². The SMILES string of the molecule is CCCNCc1cc(C)ccc1OCc1nnc(C)n1C. The van der Waals surface area contributed by atoms with Crippen LogP contribution in [0.25, 0.3) is 0 Å². The van der Waals surface area contributed by atoms with Crippen LogP contribution in [0.5, 0.6) is 5.75 Å². The van der Waals surface area contributed by atoms with Gasteiger partial charge in [0.25, 0.3) is 0 Å². The highest BCUT2D eigenvalue weighted by atomic mass is 16.5. The first kappa shape index (κ1) is 15.5. The van der Waals surface area contributed by atoms with Crippen molar-refractivity contribution in [3.63, 3.8) is 0 Å². The number of aromatic nitrogens is 3. The van der Waals surface area contributed by atoms with E-state index >= 15 is 0 Å². The molecule has 1 N–H and O–H groups in total. The highest BCUT2D eigenvalue weighted by Crippen LogP contribution is 2.21. The Morgan fingerprint density at radius 2 is 2.05 bits per heavy atom. The average Bonchev–Trinajstić information content (AvgIpc) is 2.78. The van der Waals surface area contributed by atoms with Crippen molar-refractivity contribution >= 4 is 0 Å². The van der Waals surface area contributed by atoms with Gasteiger partial charge in [0.1, 0.15) is 18.2 Å². The lowest BCUT2D eigenvalue weighted by atomic mass is 10.1. The summed E-state index contributed by atoms with van der Waals surface area (Å²) < 4.78 is 7.89. The lowest BCUT2D eigenvalue weighted by molar-refractivity contribution is 0.287. The quantitative estimate of drug-likeness (QED) is 0.795. The fourth-order valence-corrected chi connectivity index (χ4v) is 2.11. The predicted octanol–water partition coefficient (Wildman–Crippen LogP) is 2.51. The summed E-state index contributed by atoms with van der Waals surface area (Å²) in [6.45, 7) is 8.46. The minimum atomic E-state index is 0.432. The van der Waals surface area contributed by atoms with Crippen molar-refractivity contribution < 1.29 is 4.74 Å². The largest absolute Gasteiger partial charge is 0.485 e. The van der Waals surface area contributed by atoms with Gasteiger partial charge < -0.3 is 14.6 Å². The van der Waals surface area contributed by atoms with Crippen LogP contribution in [0.1, 0.15) is 36.1 Å². The van der Waals surface area contributed by atoms with E-state index in [4.69, 9.17) is 4.74 Å². The molecule has 0 aliphatic carbocycles. The number of rotatable bonds is 7. The second-order valence-electron chi connectivity index (χ2n) is 5.30. The minimum Gasteiger partial charge on any atom is -0.485 e. The highest BCUT2D eigenvalue weighted by molar-refractivity contribution is 5.36. The normalized spacial score (nSPS) is 10.9. The van der Waals surface area contributed by atoms with Gasteiger partial charge in [-0.1, -0.05) is 24.6 Å². The smallest absolute Gasteiger partial charge is 0.170 e. The zero-order valence-electron chi connectivity index (χ0n) is 13.3. The molecule has 0 saturated carbocycles. The molecular formula is C16H24N4O. The number of aryl methyl sites for hydroxylation is 2. The van der Waals surface area contributed by atoms with Crippen molar-refractivity contribution in [2.45, 2.75) is 40.3 Å². The summed E-state index contributed by atoms with van der Waals surface area (Å²) in [5.74, 6) is 2.63. The van der Waals surface area contributed by atoms with Gasteiger partial charge in [0.2, 0.25) is 0 Å². The van der Waals surface area contributed by atoms with Crippen molar-refractivity contribution in [1.82, 2.24) is 20.1 Å². The van der Waals surface area contributed by atoms with Gasteiger partial charge in [0, 0.05) is 19.2 Å². The second kappa shape index (κ2) is 7.22. The molecule has 0 aliphatic rings. The Kier molecular flexibility index (Phi) is 5.33. The standard InChI is InChI=1S/C16H24N4O/c1-5-8-17-10-14-9-12(2)6-7-15(14)21-11-16-19-18-13(3)20(16)4/h6-7,9,17H,5,8,10-11H2,1-4H3. The molecule has 21 heavy (non-hydrogen) atoms. The molecule has 1 aromatic heterocycles. The Morgan fingerprint density at radius 1 is 1.24 bits per heavy atom. The van der Waals surface area contributed by atoms with E-state index in [1.54, 1.807) is 0 Å². The number of nitrogens with zero attached hydrogens (tertiary/aromatic N) is 3. The molecule has 1 aromatic carbocycles. The van der Waals surface area contributed by atoms with Crippen LogP contribution >= 0.6 is 0 Å². The Morgan fingerprint density at radius 3 is 2.71 bits per heavy atom. The summed E-state index contributed by atoms with van der Waals surface area (Å²) in [6, 6.07) is 6.27. The van der Waals surface area contributed by atoms with Crippen LogP contribution < -0.4 is 10.1 Å². The summed E-state index contributed by atoms with van der Waals surface area (Å²) in [6.07, 6.45) is 1.13. The van der Waals surface area contributed by atoms with Gasteiger partial charge in [-0.25, -0.2) is 0 Å². The number of ether oxygens (including phenoxy) is 1. The van der Waals surface area contributed by atoms with E-state index in [0.29, 0.717) is 6.61 Å². The molecule has 0 fully saturated rings. The molecule has 0 radical (unpaired) electrons. The zero-order valence-corrected chi connectivity index (χ0v) is 13.3. The monoisotopic (exact) mass is 288 g/mol. The molecular weight excluding hydrogens is 264 g/mol. The molecule has 0 bridgehead atoms. The molecule has 114 valence electrons. The summed E-state index contributed by atoms with van der Waals surface area (Å²) in [5.41, 5.74) is 2.42. The number of nitrogens with one attached hydrogen (secondary N) is 1. The lowest BCUT2D eigenvalue weighted by Crippen LogP contribution is -2.15. The second-order valence-corrected chi connectivity index (χ2v) is 5.30. The third kappa shape index (κ3) is 4.04. The van der Waals surface area contributed by atoms with Crippen LogP contribution in [0, 0.1) is 13.8 Å². The maximum absolute atomic E-state index is 5.94. The number of hydrogen-bond acceptors (Lipinski definition) is 4. The molecule has 0 atom stereocenters. The Labute approximate surface area is 126 Å². The van der Waals surface area contributed by atoms with Gasteiger partial charge >= 0.3 is 0 Å². The zero-order chi connectivity index (χ0) is 15.2. The van der Waals surface area contributed by atoms with E-state index in [1.165, 1.54) is 11.1 Å². The third-order valence-corrected chi connectivity index (χ3v) is 3.50. The maximum atomic E-state index is 5.94. The first-order valence-corrected chi connectivity index (χ1v) is 7.39. The fourth-order valence-electron chi connectivity index (χ4n) is 2.11. The maximum Gasteiger partial charge on any atom is 0.170 e. The van der Waals surface area contributed by atoms with E-state index in [9.17, 15) is 0 Å². The van der Waals surface area contributed by atoms with E-state index in [-0.39, 0.29) is 0 Å². The molecule has 0 aliphatic heterocycles. The summed E-state index contributed by atoms with van der Waals surface area (Å²) >= 11 is 0. The molecule has 0 saturated heterocycles. The molecule has 0 unspecified atom stereocenters. The van der Waals surface area contributed by atoms with Gasteiger partial charge in [-0.05, 0) is 32.9 Å². The average molecular weight is 288 g/mol. The topological polar surface area (TPSA) is 52.0 Å². The predicted molar refractivity (Wildman–Crippen MR) is 83.2 cm³/mol. The van der Waals surface area contributed by atoms with Crippen molar-refractivity contribution in [3.8, 4) is 5.75 Å². The third-order valence-electron chi connectivity index (χ3n) is 3.50. The fraction of sp³-hybridized carbons (Fsp3) is 0.500. The van der Waals surface area contributed by atoms with Gasteiger partial charge in [0.05, 0.1) is 0 Å². The Bertz CT molecular complexity index is 592. The Balaban J connectivity index is 2.06. The van der Waals surface area contributed by atoms with Gasteiger partial charge in [-0.2, -0.15) is 0 Å². The van der Waals surface area contributed by atoms with Crippen molar-refractivity contribution in [1.29, 1.82) is 0 Å². The van der Waals surface area contributed by atoms with Crippen molar-refractivity contribution in [3.05, 3.63) is 41.0 Å². The van der Waals surface area contributed by atoms with Crippen LogP contribution in [0.4, 0.5) is 0 Å². The van der Waals surface area contributed by atoms with Crippen LogP contribution in [-0.4, -0.2) is 21.3 Å². The van der Waals surface area contributed by atoms with Gasteiger partial charge in [0.15, 0.2) is 5.82 Å². The molecule has 0 amide bonds. The van der Waals surface area contributed by atoms with Crippen LogP contribution in [0.3, 0.4) is 0 Å². The first-order chi connectivity index (χ1) is 10.1. The van der Waals surface area contributed by atoms with Crippen molar-refractivity contribution in [2.75, 3.05) is 6.54 Å². The molecule has 2 aromatic rings. The van der Waals surface area contributed by atoms with E-state index in [2.05, 4.69) is 41.5 Å². The molecule has 2 rings (SSSR count). The van der Waals surface area contributed by atoms with Crippen LogP contribution in [0.2, 0.25) is 0 Å². The number of hydrogen-bond donors (Lipinski definition) is 1. The van der Waals surface area contributed by atoms with Crippen LogP contribution in [0.15, 0.2) is 18.2 Å². The highest BCUT2D eigenvalue weighted by Gasteiger charge is 2.08. The van der Waals surface area contributed by atoms with E-state index < -0.39 is 0 Å².